The van der Waals surface area contributed by atoms with Gasteiger partial charge in [-0.05, 0) is 37.1 Å². The molecule has 25 heavy (non-hydrogen) atoms. The van der Waals surface area contributed by atoms with Crippen LogP contribution in [0.15, 0.2) is 47.2 Å². The Morgan fingerprint density at radius 3 is 2.60 bits per heavy atom. The van der Waals surface area contributed by atoms with Crippen molar-refractivity contribution in [3.63, 3.8) is 0 Å². The second kappa shape index (κ2) is 7.69. The van der Waals surface area contributed by atoms with Gasteiger partial charge >= 0.3 is 0 Å². The molecular formula is C19H19N5O. The van der Waals surface area contributed by atoms with Crippen molar-refractivity contribution in [1.82, 2.24) is 25.4 Å². The van der Waals surface area contributed by atoms with E-state index in [4.69, 9.17) is 4.52 Å². The van der Waals surface area contributed by atoms with Gasteiger partial charge in [0.25, 0.3) is 0 Å². The smallest absolute Gasteiger partial charge is 0.243 e. The minimum atomic E-state index is -0.00948. The van der Waals surface area contributed by atoms with Crippen molar-refractivity contribution >= 4 is 0 Å². The first kappa shape index (κ1) is 16.8. The van der Waals surface area contributed by atoms with Crippen LogP contribution in [0.3, 0.4) is 0 Å². The number of aromatic nitrogens is 4. The van der Waals surface area contributed by atoms with Crippen LogP contribution in [0.5, 0.6) is 0 Å². The van der Waals surface area contributed by atoms with Crippen LogP contribution in [-0.2, 0) is 0 Å². The summed E-state index contributed by atoms with van der Waals surface area (Å²) < 4.78 is 5.32. The maximum absolute atomic E-state index is 5.32. The highest BCUT2D eigenvalue weighted by atomic mass is 16.5. The first-order chi connectivity index (χ1) is 12.1. The van der Waals surface area contributed by atoms with E-state index in [1.165, 1.54) is 0 Å². The Balaban J connectivity index is 1.73. The van der Waals surface area contributed by atoms with Crippen LogP contribution in [0, 0.1) is 11.8 Å². The highest BCUT2D eigenvalue weighted by molar-refractivity contribution is 5.50. The molecule has 6 nitrogen and oxygen atoms in total. The number of rotatable bonds is 4. The minimum absolute atomic E-state index is 0.00948. The standard InChI is InChI=1S/C19H19N5O/c1-13(2)22-14(3)19-23-18(24-25-19)17-10-8-15(12-21-17)7-9-16-6-4-5-11-20-16/h4-6,8,10-14,22H,1-3H3. The average molecular weight is 333 g/mol. The van der Waals surface area contributed by atoms with Crippen LogP contribution in [0.2, 0.25) is 0 Å². The highest BCUT2D eigenvalue weighted by Gasteiger charge is 2.16. The number of hydrogen-bond acceptors (Lipinski definition) is 6. The maximum Gasteiger partial charge on any atom is 0.243 e. The molecule has 0 amide bonds. The predicted molar refractivity (Wildman–Crippen MR) is 94.4 cm³/mol. The molecule has 0 aliphatic rings. The van der Waals surface area contributed by atoms with E-state index < -0.39 is 0 Å². The van der Waals surface area contributed by atoms with Crippen LogP contribution in [0.1, 0.15) is 44.0 Å². The molecule has 0 fully saturated rings. The van der Waals surface area contributed by atoms with Gasteiger partial charge in [0.2, 0.25) is 11.7 Å². The lowest BCUT2D eigenvalue weighted by Gasteiger charge is -2.11. The van der Waals surface area contributed by atoms with E-state index in [1.54, 1.807) is 12.4 Å². The van der Waals surface area contributed by atoms with E-state index >= 15 is 0 Å². The summed E-state index contributed by atoms with van der Waals surface area (Å²) in [6, 6.07) is 9.66. The van der Waals surface area contributed by atoms with Crippen molar-refractivity contribution in [2.24, 2.45) is 0 Å². The quantitative estimate of drug-likeness (QED) is 0.740. The summed E-state index contributed by atoms with van der Waals surface area (Å²) in [5, 5.41) is 7.33. The Bertz CT molecular complexity index is 875. The lowest BCUT2D eigenvalue weighted by Crippen LogP contribution is -2.26. The minimum Gasteiger partial charge on any atom is -0.337 e. The van der Waals surface area contributed by atoms with Gasteiger partial charge in [0.15, 0.2) is 0 Å². The molecule has 0 bridgehead atoms. The van der Waals surface area contributed by atoms with Crippen molar-refractivity contribution in [3.8, 4) is 23.4 Å². The summed E-state index contributed by atoms with van der Waals surface area (Å²) in [5.41, 5.74) is 2.17. The maximum atomic E-state index is 5.32. The number of nitrogens with zero attached hydrogens (tertiary/aromatic N) is 4. The van der Waals surface area contributed by atoms with E-state index in [1.807, 2.05) is 37.3 Å². The van der Waals surface area contributed by atoms with E-state index in [9.17, 15) is 0 Å². The largest absolute Gasteiger partial charge is 0.337 e. The number of hydrogen-bond donors (Lipinski definition) is 1. The lowest BCUT2D eigenvalue weighted by atomic mass is 10.2. The second-order valence-electron chi connectivity index (χ2n) is 5.90. The van der Waals surface area contributed by atoms with Crippen molar-refractivity contribution in [3.05, 3.63) is 59.9 Å². The normalized spacial score (nSPS) is 11.8. The zero-order chi connectivity index (χ0) is 17.6. The van der Waals surface area contributed by atoms with E-state index in [-0.39, 0.29) is 6.04 Å². The highest BCUT2D eigenvalue weighted by Crippen LogP contribution is 2.17. The molecular weight excluding hydrogens is 314 g/mol. The third kappa shape index (κ3) is 4.49. The zero-order valence-electron chi connectivity index (χ0n) is 14.4. The van der Waals surface area contributed by atoms with Crippen LogP contribution in [-0.4, -0.2) is 26.2 Å². The molecule has 126 valence electrons. The average Bonchev–Trinajstić information content (AvgIpc) is 3.11. The zero-order valence-corrected chi connectivity index (χ0v) is 14.4. The molecule has 0 radical (unpaired) electrons. The lowest BCUT2D eigenvalue weighted by molar-refractivity contribution is 0.330. The molecule has 1 atom stereocenters. The van der Waals surface area contributed by atoms with Crippen LogP contribution in [0.4, 0.5) is 0 Å². The molecule has 3 aromatic rings. The Labute approximate surface area is 146 Å². The predicted octanol–water partition coefficient (Wildman–Crippen LogP) is 2.99. The Morgan fingerprint density at radius 2 is 1.92 bits per heavy atom. The van der Waals surface area contributed by atoms with Gasteiger partial charge in [-0.1, -0.05) is 31.0 Å². The fourth-order valence-electron chi connectivity index (χ4n) is 2.26. The Morgan fingerprint density at radius 1 is 1.04 bits per heavy atom. The molecule has 3 rings (SSSR count). The van der Waals surface area contributed by atoms with Gasteiger partial charge in [-0.15, -0.1) is 0 Å². The van der Waals surface area contributed by atoms with Gasteiger partial charge < -0.3 is 9.84 Å². The van der Waals surface area contributed by atoms with E-state index in [0.717, 1.165) is 11.3 Å². The van der Waals surface area contributed by atoms with Crippen LogP contribution in [0.25, 0.3) is 11.5 Å². The fourth-order valence-corrected chi connectivity index (χ4v) is 2.26. The number of nitrogens with one attached hydrogen (secondary N) is 1. The molecule has 3 aromatic heterocycles. The molecule has 1 N–H and O–H groups in total. The molecule has 0 spiro atoms. The number of pyridine rings is 2. The molecule has 6 heteroatoms. The summed E-state index contributed by atoms with van der Waals surface area (Å²) in [4.78, 5) is 12.9. The van der Waals surface area contributed by atoms with Crippen LogP contribution < -0.4 is 5.32 Å². The van der Waals surface area contributed by atoms with Crippen LogP contribution >= 0.6 is 0 Å². The molecule has 0 aliphatic carbocycles. The fraction of sp³-hybridized carbons (Fsp3) is 0.263. The Kier molecular flexibility index (Phi) is 5.17. The third-order valence-electron chi connectivity index (χ3n) is 3.39. The first-order valence-electron chi connectivity index (χ1n) is 8.11. The summed E-state index contributed by atoms with van der Waals surface area (Å²) in [6.07, 6.45) is 3.41. The third-order valence-corrected chi connectivity index (χ3v) is 3.39. The Hall–Kier alpha value is -3.04. The molecule has 1 unspecified atom stereocenters. The van der Waals surface area contributed by atoms with Gasteiger partial charge in [0.1, 0.15) is 11.4 Å². The van der Waals surface area contributed by atoms with Gasteiger partial charge in [-0.25, -0.2) is 4.98 Å². The van der Waals surface area contributed by atoms with Gasteiger partial charge in [-0.2, -0.15) is 4.98 Å². The van der Waals surface area contributed by atoms with E-state index in [2.05, 4.69) is 51.1 Å². The molecule has 3 heterocycles. The SMILES string of the molecule is CC(C)NC(C)c1nc(-c2ccc(C#Cc3ccccn3)cn2)no1. The topological polar surface area (TPSA) is 76.7 Å². The first-order valence-corrected chi connectivity index (χ1v) is 8.11. The van der Waals surface area contributed by atoms with E-state index in [0.29, 0.717) is 23.5 Å². The van der Waals surface area contributed by atoms with Gasteiger partial charge in [0, 0.05) is 24.0 Å². The molecule has 0 saturated heterocycles. The van der Waals surface area contributed by atoms with Crippen molar-refractivity contribution < 1.29 is 4.52 Å². The molecule has 0 aliphatic heterocycles. The molecule has 0 saturated carbocycles. The summed E-state index contributed by atoms with van der Waals surface area (Å²) >= 11 is 0. The molecule has 0 aromatic carbocycles. The van der Waals surface area contributed by atoms with Crippen molar-refractivity contribution in [2.75, 3.05) is 0 Å². The summed E-state index contributed by atoms with van der Waals surface area (Å²) in [5.74, 6) is 7.05. The second-order valence-corrected chi connectivity index (χ2v) is 5.90. The van der Waals surface area contributed by atoms with Crippen molar-refractivity contribution in [1.29, 1.82) is 0 Å². The monoisotopic (exact) mass is 333 g/mol. The summed E-state index contributed by atoms with van der Waals surface area (Å²) in [7, 11) is 0. The van der Waals surface area contributed by atoms with Gasteiger partial charge in [-0.3, -0.25) is 4.98 Å². The summed E-state index contributed by atoms with van der Waals surface area (Å²) in [6.45, 7) is 6.13. The van der Waals surface area contributed by atoms with Gasteiger partial charge in [0.05, 0.1) is 6.04 Å². The van der Waals surface area contributed by atoms with Crippen molar-refractivity contribution in [2.45, 2.75) is 32.9 Å².